The van der Waals surface area contributed by atoms with Gasteiger partial charge in [0.1, 0.15) is 5.69 Å². The van der Waals surface area contributed by atoms with Crippen LogP contribution in [0.3, 0.4) is 0 Å². The highest BCUT2D eigenvalue weighted by atomic mass is 32.1. The average molecular weight is 618 g/mol. The van der Waals surface area contributed by atoms with Crippen LogP contribution in [0.1, 0.15) is 56.1 Å². The minimum Gasteiger partial charge on any atom is -0.491 e. The number of ether oxygens (including phenoxy) is 1. The third-order valence-electron chi connectivity index (χ3n) is 7.45. The first-order valence-electron chi connectivity index (χ1n) is 14.7. The molecule has 10 heteroatoms. The maximum absolute atomic E-state index is 12.6. The van der Waals surface area contributed by atoms with Gasteiger partial charge in [0.25, 0.3) is 5.91 Å². The van der Waals surface area contributed by atoms with E-state index in [4.69, 9.17) is 4.74 Å². The number of aromatic nitrogens is 2. The van der Waals surface area contributed by atoms with Crippen molar-refractivity contribution in [1.82, 2.24) is 15.3 Å². The van der Waals surface area contributed by atoms with Gasteiger partial charge in [-0.2, -0.15) is 5.10 Å². The van der Waals surface area contributed by atoms with E-state index >= 15 is 0 Å². The quantitative estimate of drug-likeness (QED) is 0.143. The van der Waals surface area contributed by atoms with Crippen LogP contribution in [0, 0.1) is 0 Å². The van der Waals surface area contributed by atoms with Gasteiger partial charge in [-0.25, -0.2) is 14.8 Å². The zero-order valence-electron chi connectivity index (χ0n) is 24.4. The summed E-state index contributed by atoms with van der Waals surface area (Å²) in [4.78, 5) is 33.6. The minimum atomic E-state index is -1.15. The van der Waals surface area contributed by atoms with Gasteiger partial charge in [0.15, 0.2) is 11.4 Å². The molecular formula is C35H31N5O4S. The van der Waals surface area contributed by atoms with E-state index in [1.165, 1.54) is 11.3 Å². The molecule has 226 valence electrons. The number of rotatable bonds is 11. The van der Waals surface area contributed by atoms with E-state index in [9.17, 15) is 14.7 Å². The molecule has 2 heterocycles. The number of hydrogen-bond donors (Lipinski definition) is 3. The maximum atomic E-state index is 12.6. The third-order valence-corrected chi connectivity index (χ3v) is 8.19. The standard InChI is InChI=1S/C35H31N5O4S/c41-33(36-21-24-10-5-2-6-11-24)30-22-45-35(38-30)40-39-29-13-7-12-25-14-15-26(20-27(25)29)28-16-17-31(32(37-28)34(42)43)44-19-18-23-8-3-1-4-9-23/h1-6,8-11,14-17,20,22H,7,12-13,18-19,21H2,(H,36,41)(H,38,40)(H,42,43)/b39-29+. The number of carbonyl (C=O) groups excluding carboxylic acids is 1. The van der Waals surface area contributed by atoms with Crippen LogP contribution in [0.15, 0.2) is 101 Å². The van der Waals surface area contributed by atoms with Crippen molar-refractivity contribution in [3.05, 3.63) is 130 Å². The van der Waals surface area contributed by atoms with E-state index in [0.717, 1.165) is 52.8 Å². The van der Waals surface area contributed by atoms with Crippen LogP contribution in [0.2, 0.25) is 0 Å². The zero-order valence-corrected chi connectivity index (χ0v) is 25.2. The van der Waals surface area contributed by atoms with E-state index < -0.39 is 5.97 Å². The van der Waals surface area contributed by atoms with Gasteiger partial charge in [-0.1, -0.05) is 72.8 Å². The smallest absolute Gasteiger partial charge is 0.358 e. The third kappa shape index (κ3) is 7.42. The molecule has 0 saturated carbocycles. The molecule has 6 rings (SSSR count). The van der Waals surface area contributed by atoms with Gasteiger partial charge in [0, 0.05) is 29.5 Å². The predicted octanol–water partition coefficient (Wildman–Crippen LogP) is 6.61. The number of aromatic carboxylic acids is 1. The number of nitrogens with zero attached hydrogens (tertiary/aromatic N) is 3. The van der Waals surface area contributed by atoms with E-state index in [-0.39, 0.29) is 17.4 Å². The molecule has 0 fully saturated rings. The second-order valence-electron chi connectivity index (χ2n) is 10.5. The highest BCUT2D eigenvalue weighted by molar-refractivity contribution is 7.13. The second kappa shape index (κ2) is 14.0. The number of amides is 1. The lowest BCUT2D eigenvalue weighted by Crippen LogP contribution is -2.23. The predicted molar refractivity (Wildman–Crippen MR) is 175 cm³/mol. The number of carboxylic acid groups (broad SMARTS) is 1. The molecule has 3 N–H and O–H groups in total. The molecule has 0 aliphatic heterocycles. The van der Waals surface area contributed by atoms with Gasteiger partial charge in [0.2, 0.25) is 5.13 Å². The van der Waals surface area contributed by atoms with Crippen LogP contribution in [-0.4, -0.2) is 39.3 Å². The van der Waals surface area contributed by atoms with Crippen molar-refractivity contribution in [2.75, 3.05) is 12.0 Å². The number of thiazole rings is 1. The number of hydrogen-bond acceptors (Lipinski definition) is 8. The number of carbonyl (C=O) groups is 2. The Hall–Kier alpha value is -5.35. The molecule has 0 bridgehead atoms. The summed E-state index contributed by atoms with van der Waals surface area (Å²) < 4.78 is 5.82. The summed E-state index contributed by atoms with van der Waals surface area (Å²) >= 11 is 1.31. The lowest BCUT2D eigenvalue weighted by Gasteiger charge is -2.19. The molecule has 45 heavy (non-hydrogen) atoms. The Kier molecular flexibility index (Phi) is 9.22. The van der Waals surface area contributed by atoms with Crippen molar-refractivity contribution >= 4 is 34.1 Å². The van der Waals surface area contributed by atoms with E-state index in [1.807, 2.05) is 78.9 Å². The van der Waals surface area contributed by atoms with Crippen LogP contribution in [-0.2, 0) is 19.4 Å². The number of nitrogens with one attached hydrogen (secondary N) is 2. The van der Waals surface area contributed by atoms with Crippen molar-refractivity contribution in [1.29, 1.82) is 0 Å². The Labute approximate surface area is 264 Å². The molecule has 5 aromatic rings. The first-order chi connectivity index (χ1) is 22.0. The molecule has 1 aliphatic rings. The fraction of sp³-hybridized carbons (Fsp3) is 0.171. The van der Waals surface area contributed by atoms with Gasteiger partial charge in [-0.05, 0) is 54.2 Å². The molecule has 3 aromatic carbocycles. The average Bonchev–Trinajstić information content (AvgIpc) is 3.56. The number of fused-ring (bicyclic) bond motifs is 1. The number of benzene rings is 3. The Balaban J connectivity index is 1.15. The normalized spacial score (nSPS) is 13.2. The number of pyridine rings is 1. The first kappa shape index (κ1) is 29.7. The maximum Gasteiger partial charge on any atom is 0.358 e. The fourth-order valence-corrected chi connectivity index (χ4v) is 5.77. The zero-order chi connectivity index (χ0) is 31.0. The topological polar surface area (TPSA) is 126 Å². The molecule has 1 aliphatic carbocycles. The van der Waals surface area contributed by atoms with Gasteiger partial charge in [0.05, 0.1) is 18.0 Å². The molecule has 2 aromatic heterocycles. The van der Waals surface area contributed by atoms with Gasteiger partial charge < -0.3 is 15.2 Å². The van der Waals surface area contributed by atoms with Crippen molar-refractivity contribution < 1.29 is 19.4 Å². The molecule has 0 unspecified atom stereocenters. The molecular weight excluding hydrogens is 586 g/mol. The summed E-state index contributed by atoms with van der Waals surface area (Å²) in [7, 11) is 0. The second-order valence-corrected chi connectivity index (χ2v) is 11.4. The van der Waals surface area contributed by atoms with Crippen LogP contribution in [0.4, 0.5) is 5.13 Å². The Morgan fingerprint density at radius 3 is 2.47 bits per heavy atom. The van der Waals surface area contributed by atoms with E-state index in [1.54, 1.807) is 17.5 Å². The lowest BCUT2D eigenvalue weighted by atomic mass is 9.88. The molecule has 1 amide bonds. The van der Waals surface area contributed by atoms with Gasteiger partial charge >= 0.3 is 5.97 Å². The highest BCUT2D eigenvalue weighted by Crippen LogP contribution is 2.29. The summed E-state index contributed by atoms with van der Waals surface area (Å²) in [6.45, 7) is 0.768. The van der Waals surface area contributed by atoms with Crippen molar-refractivity contribution in [2.45, 2.75) is 32.2 Å². The Bertz CT molecular complexity index is 1840. The number of anilines is 1. The van der Waals surface area contributed by atoms with E-state index in [0.29, 0.717) is 36.1 Å². The van der Waals surface area contributed by atoms with Crippen molar-refractivity contribution in [3.8, 4) is 17.0 Å². The summed E-state index contributed by atoms with van der Waals surface area (Å²) in [5.74, 6) is -1.15. The summed E-state index contributed by atoms with van der Waals surface area (Å²) in [5.41, 5.74) is 9.68. The minimum absolute atomic E-state index is 0.124. The van der Waals surface area contributed by atoms with Gasteiger partial charge in [-0.15, -0.1) is 11.3 Å². The molecule has 0 saturated heterocycles. The molecule has 0 atom stereocenters. The highest BCUT2D eigenvalue weighted by Gasteiger charge is 2.20. The number of aryl methyl sites for hydroxylation is 1. The van der Waals surface area contributed by atoms with Crippen LogP contribution < -0.4 is 15.5 Å². The molecule has 9 nitrogen and oxygen atoms in total. The Morgan fingerprint density at radius 2 is 1.69 bits per heavy atom. The molecule has 0 radical (unpaired) electrons. The number of carboxylic acids is 1. The SMILES string of the molecule is O=C(NCc1ccccc1)c1csc(N/N=C2\CCCc3ccc(-c4ccc(OCCc5ccccc5)c(C(=O)O)n4)cc32)n1. The summed E-state index contributed by atoms with van der Waals surface area (Å²) in [5, 5.41) is 19.7. The summed E-state index contributed by atoms with van der Waals surface area (Å²) in [6.07, 6.45) is 3.29. The fourth-order valence-electron chi connectivity index (χ4n) is 5.13. The molecule has 0 spiro atoms. The van der Waals surface area contributed by atoms with Crippen molar-refractivity contribution in [2.24, 2.45) is 5.10 Å². The van der Waals surface area contributed by atoms with Crippen LogP contribution in [0.25, 0.3) is 11.3 Å². The summed E-state index contributed by atoms with van der Waals surface area (Å²) in [6, 6.07) is 29.1. The Morgan fingerprint density at radius 1 is 0.911 bits per heavy atom. The van der Waals surface area contributed by atoms with Crippen molar-refractivity contribution in [3.63, 3.8) is 0 Å². The lowest BCUT2D eigenvalue weighted by molar-refractivity contribution is 0.0685. The first-order valence-corrected chi connectivity index (χ1v) is 15.6. The van der Waals surface area contributed by atoms with E-state index in [2.05, 4.69) is 25.8 Å². The van der Waals surface area contributed by atoms with Gasteiger partial charge in [-0.3, -0.25) is 10.2 Å². The van der Waals surface area contributed by atoms with Crippen LogP contribution in [0.5, 0.6) is 5.75 Å². The largest absolute Gasteiger partial charge is 0.491 e. The van der Waals surface area contributed by atoms with Crippen LogP contribution >= 0.6 is 11.3 Å². The number of hydrazone groups is 1. The monoisotopic (exact) mass is 617 g/mol.